The Morgan fingerprint density at radius 3 is 0.712 bits per heavy atom. The van der Waals surface area contributed by atoms with Crippen LogP contribution in [0.4, 0.5) is 0 Å². The van der Waals surface area contributed by atoms with Crippen molar-refractivity contribution >= 4 is 34.5 Å². The molecule has 324 valence electrons. The molecule has 66 heavy (non-hydrogen) atoms. The predicted molar refractivity (Wildman–Crippen MR) is 271 cm³/mol. The van der Waals surface area contributed by atoms with Gasteiger partial charge >= 0.3 is 0 Å². The fraction of sp³-hybridized carbons (Fsp3) is 0. The summed E-state index contributed by atoms with van der Waals surface area (Å²) in [6.45, 7) is 0. The van der Waals surface area contributed by atoms with Crippen molar-refractivity contribution in [3.63, 3.8) is 0 Å². The molecule has 0 saturated heterocycles. The molecule has 0 radical (unpaired) electrons. The summed E-state index contributed by atoms with van der Waals surface area (Å²) in [4.78, 5) is 0. The number of nitrogens with two attached hydrogens (primary N) is 7. The number of nitrogen functional groups attached to an aromatic ring is 1. The molecular weight excluding hydrogens is 817 g/mol. The van der Waals surface area contributed by atoms with Gasteiger partial charge in [-0.05, 0) is 77.9 Å². The van der Waals surface area contributed by atoms with Gasteiger partial charge in [0.25, 0.3) is 0 Å². The maximum atomic E-state index is 7.85. The van der Waals surface area contributed by atoms with E-state index >= 15 is 0 Å². The molecule has 0 spiro atoms. The minimum absolute atomic E-state index is 0.0311. The standard InChI is InChI=1S/C54H48N12/c55-51(56)45-25-9-37(10-26-45)33-1-17-41(18-2-33)49(44-23-7-36(8-24-44)40-15-31-48(32-16-40)54(65-61)66-62)50(42-19-3-34(4-20-42)38-11-27-46(28-12-38)52(57)63-59)43-21-5-35(6-22-43)39-13-29-47(30-14-39)53(58)64-60/h1-32H,59-62H2,(H3,55,56)(H2,57,63)(H2,58,64)(H,65,66). The average molecular weight is 865 g/mol. The summed E-state index contributed by atoms with van der Waals surface area (Å²) >= 11 is 0. The van der Waals surface area contributed by atoms with Gasteiger partial charge in [-0.1, -0.05) is 194 Å². The molecular formula is C54H48N12. The lowest BCUT2D eigenvalue weighted by molar-refractivity contribution is 1.00. The Balaban J connectivity index is 1.28. The van der Waals surface area contributed by atoms with Gasteiger partial charge in [-0.3, -0.25) is 5.41 Å². The summed E-state index contributed by atoms with van der Waals surface area (Å²) < 4.78 is 0. The van der Waals surface area contributed by atoms with E-state index in [1.54, 1.807) is 0 Å². The molecule has 0 aliphatic heterocycles. The van der Waals surface area contributed by atoms with Gasteiger partial charge in [-0.25, -0.2) is 5.84 Å². The highest BCUT2D eigenvalue weighted by Crippen LogP contribution is 2.40. The lowest BCUT2D eigenvalue weighted by Crippen LogP contribution is -2.31. The van der Waals surface area contributed by atoms with Crippen molar-refractivity contribution in [2.24, 2.45) is 55.9 Å². The molecule has 0 bridgehead atoms. The third-order valence-electron chi connectivity index (χ3n) is 11.5. The van der Waals surface area contributed by atoms with E-state index in [0.29, 0.717) is 11.4 Å². The lowest BCUT2D eigenvalue weighted by atomic mass is 9.84. The highest BCUT2D eigenvalue weighted by Gasteiger charge is 2.18. The Morgan fingerprint density at radius 2 is 0.515 bits per heavy atom. The Bertz CT molecular complexity index is 2990. The number of nitrogens with zero attached hydrogens (tertiary/aromatic N) is 3. The molecule has 0 aliphatic rings. The van der Waals surface area contributed by atoms with Crippen molar-refractivity contribution in [3.8, 4) is 44.5 Å². The molecule has 0 amide bonds. The van der Waals surface area contributed by atoms with E-state index in [1.165, 1.54) is 0 Å². The number of benzene rings is 8. The van der Waals surface area contributed by atoms with Crippen LogP contribution in [0.25, 0.3) is 55.7 Å². The maximum Gasteiger partial charge on any atom is 0.166 e. The number of nitrogens with one attached hydrogen (secondary N) is 2. The van der Waals surface area contributed by atoms with Gasteiger partial charge in [0.2, 0.25) is 0 Å². The SMILES string of the molecule is N=C(N)c1ccc(-c2ccc(C(=C(c3ccc(-c4ccc(/C(N)=N/N)cc4)cc3)c3ccc(-c4ccc(/C(N)=N/N)cc4)cc3)c3ccc(-c4ccc(/C(=N/N)NN)cc4)cc3)cc2)cc1. The maximum absolute atomic E-state index is 7.85. The molecule has 0 unspecified atom stereocenters. The van der Waals surface area contributed by atoms with Gasteiger partial charge in [0, 0.05) is 22.3 Å². The summed E-state index contributed by atoms with van der Waals surface area (Å²) in [6, 6.07) is 65.7. The molecule has 12 heteroatoms. The lowest BCUT2D eigenvalue weighted by Gasteiger charge is -2.20. The van der Waals surface area contributed by atoms with Gasteiger partial charge < -0.3 is 40.2 Å². The molecule has 0 aliphatic carbocycles. The minimum Gasteiger partial charge on any atom is -0.384 e. The van der Waals surface area contributed by atoms with Crippen LogP contribution in [0, 0.1) is 5.41 Å². The summed E-state index contributed by atoms with van der Waals surface area (Å²) in [5.74, 6) is 23.0. The first kappa shape index (κ1) is 43.4. The second-order valence-electron chi connectivity index (χ2n) is 15.4. The molecule has 8 aromatic rings. The van der Waals surface area contributed by atoms with Crippen molar-refractivity contribution in [3.05, 3.63) is 239 Å². The number of hydrogen-bond acceptors (Lipinski definition) is 8. The zero-order valence-corrected chi connectivity index (χ0v) is 35.9. The van der Waals surface area contributed by atoms with E-state index in [-0.39, 0.29) is 17.5 Å². The largest absolute Gasteiger partial charge is 0.384 e. The molecule has 8 rings (SSSR count). The van der Waals surface area contributed by atoms with E-state index in [1.807, 2.05) is 97.1 Å². The third kappa shape index (κ3) is 9.25. The van der Waals surface area contributed by atoms with Gasteiger partial charge in [-0.15, -0.1) is 0 Å². The molecule has 0 saturated carbocycles. The van der Waals surface area contributed by atoms with Crippen LogP contribution < -0.4 is 46.0 Å². The first-order valence-corrected chi connectivity index (χ1v) is 20.9. The summed E-state index contributed by atoms with van der Waals surface area (Å²) in [6.07, 6.45) is 0. The molecule has 0 atom stereocenters. The van der Waals surface area contributed by atoms with Gasteiger partial charge in [0.1, 0.15) is 17.5 Å². The first-order chi connectivity index (χ1) is 32.2. The molecule has 0 fully saturated rings. The third-order valence-corrected chi connectivity index (χ3v) is 11.5. The number of hydrazone groups is 3. The highest BCUT2D eigenvalue weighted by molar-refractivity contribution is 6.06. The van der Waals surface area contributed by atoms with E-state index < -0.39 is 0 Å². The van der Waals surface area contributed by atoms with Crippen molar-refractivity contribution in [1.29, 1.82) is 5.41 Å². The normalized spacial score (nSPS) is 11.8. The minimum atomic E-state index is 0.0311. The predicted octanol–water partition coefficient (Wildman–Crippen LogP) is 7.89. The second kappa shape index (κ2) is 19.4. The Labute approximate surface area is 383 Å². The van der Waals surface area contributed by atoms with Crippen LogP contribution in [0.2, 0.25) is 0 Å². The molecule has 0 heterocycles. The zero-order valence-electron chi connectivity index (χ0n) is 35.9. The Morgan fingerprint density at radius 1 is 0.303 bits per heavy atom. The summed E-state index contributed by atoms with van der Waals surface area (Å²) in [5, 5.41) is 18.9. The van der Waals surface area contributed by atoms with Crippen LogP contribution in [-0.2, 0) is 0 Å². The van der Waals surface area contributed by atoms with Crippen molar-refractivity contribution in [2.45, 2.75) is 0 Å². The Kier molecular flexibility index (Phi) is 12.8. The van der Waals surface area contributed by atoms with Crippen molar-refractivity contribution in [1.82, 2.24) is 5.43 Å². The molecule has 8 aromatic carbocycles. The zero-order chi connectivity index (χ0) is 46.2. The van der Waals surface area contributed by atoms with Crippen LogP contribution in [0.3, 0.4) is 0 Å². The number of hydrazine groups is 1. The van der Waals surface area contributed by atoms with Crippen LogP contribution in [-0.4, -0.2) is 23.3 Å². The molecule has 12 nitrogen and oxygen atoms in total. The van der Waals surface area contributed by atoms with Crippen LogP contribution in [0.5, 0.6) is 0 Å². The quantitative estimate of drug-likeness (QED) is 0.0191. The summed E-state index contributed by atoms with van der Waals surface area (Å²) in [7, 11) is 0. The van der Waals surface area contributed by atoms with E-state index in [0.717, 1.165) is 94.6 Å². The van der Waals surface area contributed by atoms with E-state index in [2.05, 4.69) is 118 Å². The fourth-order valence-corrected chi connectivity index (χ4v) is 7.90. The van der Waals surface area contributed by atoms with Gasteiger partial charge in [-0.2, -0.15) is 15.3 Å². The number of hydrogen-bond donors (Lipinski definition) is 9. The highest BCUT2D eigenvalue weighted by atomic mass is 15.3. The Hall–Kier alpha value is -9.26. The molecule has 0 aromatic heterocycles. The van der Waals surface area contributed by atoms with E-state index in [9.17, 15) is 0 Å². The van der Waals surface area contributed by atoms with Crippen molar-refractivity contribution < 1.29 is 0 Å². The van der Waals surface area contributed by atoms with Gasteiger partial charge in [0.15, 0.2) is 5.84 Å². The number of amidine groups is 4. The number of rotatable bonds is 12. The average Bonchev–Trinajstić information content (AvgIpc) is 3.38. The summed E-state index contributed by atoms with van der Waals surface area (Å²) in [5.41, 5.74) is 37.6. The topological polar surface area (TPSA) is 255 Å². The van der Waals surface area contributed by atoms with E-state index in [4.69, 9.17) is 46.0 Å². The fourth-order valence-electron chi connectivity index (χ4n) is 7.90. The van der Waals surface area contributed by atoms with Crippen LogP contribution in [0.15, 0.2) is 209 Å². The first-order valence-electron chi connectivity index (χ1n) is 20.9. The van der Waals surface area contributed by atoms with Crippen LogP contribution >= 0.6 is 0 Å². The molecule has 16 N–H and O–H groups in total. The van der Waals surface area contributed by atoms with Gasteiger partial charge in [0.05, 0.1) is 0 Å². The van der Waals surface area contributed by atoms with Crippen molar-refractivity contribution in [2.75, 3.05) is 0 Å². The smallest absolute Gasteiger partial charge is 0.166 e. The van der Waals surface area contributed by atoms with Crippen LogP contribution in [0.1, 0.15) is 44.5 Å². The monoisotopic (exact) mass is 864 g/mol. The second-order valence-corrected chi connectivity index (χ2v) is 15.4.